The molecule has 0 radical (unpaired) electrons. The summed E-state index contributed by atoms with van der Waals surface area (Å²) in [5.74, 6) is 1.87. The maximum Gasteiger partial charge on any atom is 0.317 e. The Morgan fingerprint density at radius 3 is 2.59 bits per heavy atom. The summed E-state index contributed by atoms with van der Waals surface area (Å²) in [6, 6.07) is 12.9. The average molecular weight is 462 g/mol. The number of carbonyl (C=O) groups excluding carboxylic acids is 1. The summed E-state index contributed by atoms with van der Waals surface area (Å²) < 4.78 is 0. The van der Waals surface area contributed by atoms with E-state index >= 15 is 0 Å². The number of benzene rings is 1. The highest BCUT2D eigenvalue weighted by atomic mass is 16.2. The molecule has 1 aromatic carbocycles. The van der Waals surface area contributed by atoms with Crippen LogP contribution in [0.25, 0.3) is 0 Å². The first-order valence-electron chi connectivity index (χ1n) is 13.3. The molecule has 6 nitrogen and oxygen atoms in total. The molecule has 1 aliphatic carbocycles. The number of pyridine rings is 1. The van der Waals surface area contributed by atoms with Crippen LogP contribution in [0, 0.1) is 5.92 Å². The Hall–Kier alpha value is -2.60. The van der Waals surface area contributed by atoms with E-state index in [1.165, 1.54) is 49.8 Å². The van der Waals surface area contributed by atoms with Gasteiger partial charge in [0.25, 0.3) is 0 Å². The van der Waals surface area contributed by atoms with Crippen LogP contribution in [0.2, 0.25) is 0 Å². The number of carbonyl (C=O) groups is 1. The summed E-state index contributed by atoms with van der Waals surface area (Å²) in [5, 5.41) is 3.12. The number of nitrogens with one attached hydrogen (secondary N) is 1. The lowest BCUT2D eigenvalue weighted by Crippen LogP contribution is -2.42. The Bertz CT molecular complexity index is 940. The number of amides is 2. The molecule has 0 spiro atoms. The van der Waals surface area contributed by atoms with Crippen molar-refractivity contribution in [1.82, 2.24) is 20.1 Å². The zero-order chi connectivity index (χ0) is 23.2. The number of urea groups is 1. The topological polar surface area (TPSA) is 51.7 Å². The number of fused-ring (bicyclic) bond motifs is 1. The van der Waals surface area contributed by atoms with E-state index in [1.54, 1.807) is 0 Å². The number of aromatic nitrogens is 1. The summed E-state index contributed by atoms with van der Waals surface area (Å²) in [6.07, 6.45) is 11.0. The van der Waals surface area contributed by atoms with Gasteiger partial charge in [0.1, 0.15) is 5.82 Å². The lowest BCUT2D eigenvalue weighted by atomic mass is 9.89. The van der Waals surface area contributed by atoms with Crippen molar-refractivity contribution in [2.75, 3.05) is 44.2 Å². The van der Waals surface area contributed by atoms with Gasteiger partial charge < -0.3 is 20.0 Å². The quantitative estimate of drug-likeness (QED) is 0.715. The Morgan fingerprint density at radius 1 is 0.912 bits per heavy atom. The number of anilines is 1. The fraction of sp³-hybridized carbons (Fsp3) is 0.571. The van der Waals surface area contributed by atoms with E-state index in [2.05, 4.69) is 51.5 Å². The molecule has 1 N–H and O–H groups in total. The van der Waals surface area contributed by atoms with Crippen LogP contribution in [0.3, 0.4) is 0 Å². The number of hydrogen-bond acceptors (Lipinski definition) is 4. The minimum absolute atomic E-state index is 0.0521. The van der Waals surface area contributed by atoms with Crippen molar-refractivity contribution in [3.05, 3.63) is 59.3 Å². The molecular formula is C28H39N5O. The molecule has 5 rings (SSSR count). The van der Waals surface area contributed by atoms with Crippen molar-refractivity contribution in [3.63, 3.8) is 0 Å². The molecule has 3 heterocycles. The van der Waals surface area contributed by atoms with Crippen molar-refractivity contribution in [2.24, 2.45) is 5.92 Å². The van der Waals surface area contributed by atoms with Crippen LogP contribution in [-0.2, 0) is 19.5 Å². The van der Waals surface area contributed by atoms with Crippen LogP contribution in [0.4, 0.5) is 10.6 Å². The van der Waals surface area contributed by atoms with E-state index in [1.807, 2.05) is 11.1 Å². The summed E-state index contributed by atoms with van der Waals surface area (Å²) in [4.78, 5) is 24.4. The van der Waals surface area contributed by atoms with Gasteiger partial charge in [-0.2, -0.15) is 0 Å². The highest BCUT2D eigenvalue weighted by Gasteiger charge is 2.22. The van der Waals surface area contributed by atoms with Gasteiger partial charge in [0.15, 0.2) is 0 Å². The summed E-state index contributed by atoms with van der Waals surface area (Å²) in [7, 11) is 0. The third-order valence-electron chi connectivity index (χ3n) is 7.82. The predicted molar refractivity (Wildman–Crippen MR) is 137 cm³/mol. The second-order valence-electron chi connectivity index (χ2n) is 10.3. The maximum atomic E-state index is 12.8. The van der Waals surface area contributed by atoms with Crippen LogP contribution in [0.5, 0.6) is 0 Å². The van der Waals surface area contributed by atoms with E-state index in [0.29, 0.717) is 6.54 Å². The van der Waals surface area contributed by atoms with E-state index in [4.69, 9.17) is 4.98 Å². The Labute approximate surface area is 204 Å². The highest BCUT2D eigenvalue weighted by molar-refractivity contribution is 5.74. The molecule has 2 aromatic rings. The van der Waals surface area contributed by atoms with Gasteiger partial charge in [-0.15, -0.1) is 0 Å². The van der Waals surface area contributed by atoms with E-state index in [-0.39, 0.29) is 6.03 Å². The van der Waals surface area contributed by atoms with Gasteiger partial charge in [-0.3, -0.25) is 0 Å². The minimum atomic E-state index is 0.0521. The monoisotopic (exact) mass is 461 g/mol. The van der Waals surface area contributed by atoms with Crippen molar-refractivity contribution in [2.45, 2.75) is 58.0 Å². The molecule has 0 bridgehead atoms. The minimum Gasteiger partial charge on any atom is -0.352 e. The van der Waals surface area contributed by atoms with Gasteiger partial charge in [-0.25, -0.2) is 9.78 Å². The van der Waals surface area contributed by atoms with Crippen LogP contribution < -0.4 is 10.2 Å². The number of nitrogens with zero attached hydrogens (tertiary/aromatic N) is 4. The predicted octanol–water partition coefficient (Wildman–Crippen LogP) is 4.44. The molecule has 2 amide bonds. The Kier molecular flexibility index (Phi) is 7.64. The standard InChI is InChI=1S/C28H39N5O/c34-28(32-15-6-14-31(17-18-32)21-23-7-2-1-3-8-23)30-20-24-11-12-27(29-19-24)33-16-13-25-9-4-5-10-26(25)22-33/h4-5,9-12,19,23H,1-3,6-8,13-18,20-22H2,(H,30,34). The molecule has 0 unspecified atom stereocenters. The molecule has 1 saturated heterocycles. The smallest absolute Gasteiger partial charge is 0.317 e. The molecule has 1 saturated carbocycles. The van der Waals surface area contributed by atoms with Crippen molar-refractivity contribution < 1.29 is 4.79 Å². The van der Waals surface area contributed by atoms with Crippen LogP contribution in [-0.4, -0.2) is 60.1 Å². The summed E-state index contributed by atoms with van der Waals surface area (Å²) in [6.45, 7) is 7.44. The van der Waals surface area contributed by atoms with Gasteiger partial charge in [0.2, 0.25) is 0 Å². The van der Waals surface area contributed by atoms with Crippen LogP contribution in [0.15, 0.2) is 42.6 Å². The van der Waals surface area contributed by atoms with E-state index in [9.17, 15) is 4.79 Å². The maximum absolute atomic E-state index is 12.8. The first kappa shape index (κ1) is 23.2. The zero-order valence-electron chi connectivity index (χ0n) is 20.4. The molecule has 1 aromatic heterocycles. The van der Waals surface area contributed by atoms with Gasteiger partial charge in [-0.1, -0.05) is 49.6 Å². The van der Waals surface area contributed by atoms with Crippen LogP contribution >= 0.6 is 0 Å². The van der Waals surface area contributed by atoms with Gasteiger partial charge in [0.05, 0.1) is 0 Å². The summed E-state index contributed by atoms with van der Waals surface area (Å²) >= 11 is 0. The zero-order valence-corrected chi connectivity index (χ0v) is 20.4. The molecule has 6 heteroatoms. The lowest BCUT2D eigenvalue weighted by Gasteiger charge is -2.29. The number of hydrogen-bond donors (Lipinski definition) is 1. The Balaban J connectivity index is 1.07. The third-order valence-corrected chi connectivity index (χ3v) is 7.82. The third kappa shape index (κ3) is 5.90. The second kappa shape index (κ2) is 11.2. The molecule has 2 fully saturated rings. The number of rotatable bonds is 5. The van der Waals surface area contributed by atoms with E-state index in [0.717, 1.165) is 69.4 Å². The first-order valence-corrected chi connectivity index (χ1v) is 13.3. The van der Waals surface area contributed by atoms with Gasteiger partial charge in [0, 0.05) is 52.0 Å². The van der Waals surface area contributed by atoms with Crippen molar-refractivity contribution in [3.8, 4) is 0 Å². The Morgan fingerprint density at radius 2 is 1.76 bits per heavy atom. The SMILES string of the molecule is O=C(NCc1ccc(N2CCc3ccccc3C2)nc1)N1CCCN(CC2CCCCC2)CC1. The first-order chi connectivity index (χ1) is 16.7. The highest BCUT2D eigenvalue weighted by Crippen LogP contribution is 2.25. The fourth-order valence-corrected chi connectivity index (χ4v) is 5.78. The van der Waals surface area contributed by atoms with Gasteiger partial charge >= 0.3 is 6.03 Å². The van der Waals surface area contributed by atoms with Crippen molar-refractivity contribution in [1.29, 1.82) is 0 Å². The lowest BCUT2D eigenvalue weighted by molar-refractivity contribution is 0.189. The summed E-state index contributed by atoms with van der Waals surface area (Å²) in [5.41, 5.74) is 3.88. The molecule has 182 valence electrons. The van der Waals surface area contributed by atoms with Crippen LogP contribution in [0.1, 0.15) is 55.2 Å². The molecule has 0 atom stereocenters. The molecule has 34 heavy (non-hydrogen) atoms. The van der Waals surface area contributed by atoms with E-state index < -0.39 is 0 Å². The normalized spacial score (nSPS) is 20.0. The van der Waals surface area contributed by atoms with Crippen molar-refractivity contribution >= 4 is 11.8 Å². The fourth-order valence-electron chi connectivity index (χ4n) is 5.78. The second-order valence-corrected chi connectivity index (χ2v) is 10.3. The molecule has 3 aliphatic rings. The largest absolute Gasteiger partial charge is 0.352 e. The average Bonchev–Trinajstić information content (AvgIpc) is 3.13. The molecule has 2 aliphatic heterocycles. The van der Waals surface area contributed by atoms with Gasteiger partial charge in [-0.05, 0) is 60.9 Å². The molecular weight excluding hydrogens is 422 g/mol.